The van der Waals surface area contributed by atoms with E-state index in [4.69, 9.17) is 11.6 Å². The average Bonchev–Trinajstić information content (AvgIpc) is 2.82. The molecule has 0 radical (unpaired) electrons. The van der Waals surface area contributed by atoms with Gasteiger partial charge in [-0.2, -0.15) is 5.10 Å². The van der Waals surface area contributed by atoms with Crippen LogP contribution in [0.25, 0.3) is 0 Å². The molecular weight excluding hydrogens is 222 g/mol. The van der Waals surface area contributed by atoms with Crippen molar-refractivity contribution in [2.45, 2.75) is 25.2 Å². The second-order valence-corrected chi connectivity index (χ2v) is 4.54. The van der Waals surface area contributed by atoms with Crippen molar-refractivity contribution < 1.29 is 0 Å². The molecule has 0 spiro atoms. The van der Waals surface area contributed by atoms with Crippen LogP contribution in [0.1, 0.15) is 35.7 Å². The van der Waals surface area contributed by atoms with Gasteiger partial charge in [0.15, 0.2) is 0 Å². The minimum atomic E-state index is 0.278. The topological polar surface area (TPSA) is 41.6 Å². The lowest BCUT2D eigenvalue weighted by atomic mass is 9.82. The molecular formula is C12H12ClN3. The molecule has 1 atom stereocenters. The summed E-state index contributed by atoms with van der Waals surface area (Å²) in [7, 11) is 0. The largest absolute Gasteiger partial charge is 0.263 e. The van der Waals surface area contributed by atoms with Crippen molar-refractivity contribution in [3.05, 3.63) is 46.5 Å². The van der Waals surface area contributed by atoms with Crippen LogP contribution in [0, 0.1) is 0 Å². The lowest BCUT2D eigenvalue weighted by Crippen LogP contribution is -2.13. The molecule has 3 rings (SSSR count). The summed E-state index contributed by atoms with van der Waals surface area (Å²) in [4.78, 5) is 4.25. The quantitative estimate of drug-likeness (QED) is 0.823. The van der Waals surface area contributed by atoms with Crippen molar-refractivity contribution in [2.24, 2.45) is 0 Å². The van der Waals surface area contributed by atoms with Gasteiger partial charge < -0.3 is 0 Å². The number of aromatic amines is 1. The molecule has 1 aromatic carbocycles. The molecule has 0 saturated carbocycles. The van der Waals surface area contributed by atoms with Crippen LogP contribution in [0.5, 0.6) is 0 Å². The molecule has 1 N–H and O–H groups in total. The summed E-state index contributed by atoms with van der Waals surface area (Å²) in [5.41, 5.74) is 2.58. The summed E-state index contributed by atoms with van der Waals surface area (Å²) < 4.78 is 0. The molecule has 1 unspecified atom stereocenters. The fourth-order valence-electron chi connectivity index (χ4n) is 2.49. The Labute approximate surface area is 98.9 Å². The van der Waals surface area contributed by atoms with Crippen molar-refractivity contribution in [3.63, 3.8) is 0 Å². The van der Waals surface area contributed by atoms with Crippen molar-refractivity contribution in [2.75, 3.05) is 0 Å². The second-order valence-electron chi connectivity index (χ2n) is 4.13. The smallest absolute Gasteiger partial charge is 0.137 e. The zero-order valence-corrected chi connectivity index (χ0v) is 9.54. The molecule has 0 saturated heterocycles. The van der Waals surface area contributed by atoms with E-state index in [1.807, 2.05) is 12.1 Å². The molecule has 16 heavy (non-hydrogen) atoms. The molecule has 2 aromatic rings. The highest BCUT2D eigenvalue weighted by Crippen LogP contribution is 2.38. The first-order chi connectivity index (χ1) is 7.86. The Balaban J connectivity index is 2.12. The number of aryl methyl sites for hydroxylation is 1. The Morgan fingerprint density at radius 3 is 3.12 bits per heavy atom. The summed E-state index contributed by atoms with van der Waals surface area (Å²) in [6.07, 6.45) is 4.94. The van der Waals surface area contributed by atoms with Gasteiger partial charge in [-0.1, -0.05) is 23.7 Å². The Kier molecular flexibility index (Phi) is 2.40. The van der Waals surface area contributed by atoms with Crippen LogP contribution in [0.15, 0.2) is 24.5 Å². The Bertz CT molecular complexity index is 493. The fraction of sp³-hybridized carbons (Fsp3) is 0.333. The zero-order valence-electron chi connectivity index (χ0n) is 8.78. The van der Waals surface area contributed by atoms with Gasteiger partial charge in [0.1, 0.15) is 12.2 Å². The molecule has 1 aliphatic rings. The van der Waals surface area contributed by atoms with E-state index in [1.54, 1.807) is 6.33 Å². The summed E-state index contributed by atoms with van der Waals surface area (Å²) in [6.45, 7) is 0. The van der Waals surface area contributed by atoms with E-state index in [-0.39, 0.29) is 5.92 Å². The van der Waals surface area contributed by atoms with Gasteiger partial charge >= 0.3 is 0 Å². The maximum absolute atomic E-state index is 6.29. The molecule has 3 nitrogen and oxygen atoms in total. The SMILES string of the molecule is Clc1cccc2c1C(c1ncn[nH]1)CCC2. The summed E-state index contributed by atoms with van der Waals surface area (Å²) >= 11 is 6.29. The summed E-state index contributed by atoms with van der Waals surface area (Å²) in [5, 5.41) is 7.72. The van der Waals surface area contributed by atoms with Crippen LogP contribution >= 0.6 is 11.6 Å². The number of halogens is 1. The van der Waals surface area contributed by atoms with Crippen LogP contribution in [-0.2, 0) is 6.42 Å². The summed E-state index contributed by atoms with van der Waals surface area (Å²) in [6, 6.07) is 6.13. The molecule has 0 aliphatic heterocycles. The standard InChI is InChI=1S/C12H12ClN3/c13-10-6-2-4-8-3-1-5-9(11(8)10)12-14-7-15-16-12/h2,4,6-7,9H,1,3,5H2,(H,14,15,16). The van der Waals surface area contributed by atoms with Crippen LogP contribution < -0.4 is 0 Å². The molecule has 4 heteroatoms. The summed E-state index contributed by atoms with van der Waals surface area (Å²) in [5.74, 6) is 1.20. The maximum Gasteiger partial charge on any atom is 0.137 e. The van der Waals surface area contributed by atoms with Crippen LogP contribution in [0.4, 0.5) is 0 Å². The van der Waals surface area contributed by atoms with Crippen molar-refractivity contribution in [3.8, 4) is 0 Å². The normalized spacial score (nSPS) is 19.4. The third-order valence-electron chi connectivity index (χ3n) is 3.19. The number of hydrogen-bond acceptors (Lipinski definition) is 2. The molecule has 82 valence electrons. The first kappa shape index (κ1) is 9.85. The Hall–Kier alpha value is -1.35. The highest BCUT2D eigenvalue weighted by atomic mass is 35.5. The molecule has 0 fully saturated rings. The van der Waals surface area contributed by atoms with Gasteiger partial charge in [-0.3, -0.25) is 5.10 Å². The van der Waals surface area contributed by atoms with Gasteiger partial charge in [0.2, 0.25) is 0 Å². The Morgan fingerprint density at radius 2 is 2.31 bits per heavy atom. The molecule has 0 bridgehead atoms. The van der Waals surface area contributed by atoms with Gasteiger partial charge in [-0.05, 0) is 36.5 Å². The number of nitrogens with zero attached hydrogens (tertiary/aromatic N) is 2. The molecule has 1 aliphatic carbocycles. The third-order valence-corrected chi connectivity index (χ3v) is 3.52. The second kappa shape index (κ2) is 3.91. The molecule has 1 aromatic heterocycles. The van der Waals surface area contributed by atoms with E-state index >= 15 is 0 Å². The lowest BCUT2D eigenvalue weighted by molar-refractivity contribution is 0.592. The number of H-pyrrole nitrogens is 1. The third kappa shape index (κ3) is 1.52. The van der Waals surface area contributed by atoms with E-state index in [0.717, 1.165) is 23.7 Å². The minimum Gasteiger partial charge on any atom is -0.263 e. The van der Waals surface area contributed by atoms with Gasteiger partial charge in [0.25, 0.3) is 0 Å². The van der Waals surface area contributed by atoms with E-state index in [2.05, 4.69) is 21.2 Å². The van der Waals surface area contributed by atoms with E-state index in [1.165, 1.54) is 17.5 Å². The predicted octanol–water partition coefficient (Wildman–Crippen LogP) is 2.93. The van der Waals surface area contributed by atoms with Crippen molar-refractivity contribution >= 4 is 11.6 Å². The van der Waals surface area contributed by atoms with Gasteiger partial charge in [-0.15, -0.1) is 0 Å². The Morgan fingerprint density at radius 1 is 1.38 bits per heavy atom. The number of nitrogens with one attached hydrogen (secondary N) is 1. The first-order valence-electron chi connectivity index (χ1n) is 5.49. The molecule has 0 amide bonds. The van der Waals surface area contributed by atoms with Crippen molar-refractivity contribution in [1.29, 1.82) is 0 Å². The number of hydrogen-bond donors (Lipinski definition) is 1. The van der Waals surface area contributed by atoms with Crippen LogP contribution in [0.2, 0.25) is 5.02 Å². The first-order valence-corrected chi connectivity index (χ1v) is 5.86. The van der Waals surface area contributed by atoms with Crippen LogP contribution in [0.3, 0.4) is 0 Å². The van der Waals surface area contributed by atoms with E-state index in [0.29, 0.717) is 0 Å². The van der Waals surface area contributed by atoms with Crippen LogP contribution in [-0.4, -0.2) is 15.2 Å². The van der Waals surface area contributed by atoms with Gasteiger partial charge in [-0.25, -0.2) is 4.98 Å². The highest BCUT2D eigenvalue weighted by Gasteiger charge is 2.25. The zero-order chi connectivity index (χ0) is 11.0. The average molecular weight is 234 g/mol. The minimum absolute atomic E-state index is 0.278. The van der Waals surface area contributed by atoms with E-state index < -0.39 is 0 Å². The van der Waals surface area contributed by atoms with Gasteiger partial charge in [0.05, 0.1) is 0 Å². The number of fused-ring (bicyclic) bond motifs is 1. The monoisotopic (exact) mass is 233 g/mol. The maximum atomic E-state index is 6.29. The molecule has 1 heterocycles. The van der Waals surface area contributed by atoms with Crippen molar-refractivity contribution in [1.82, 2.24) is 15.2 Å². The number of benzene rings is 1. The highest BCUT2D eigenvalue weighted by molar-refractivity contribution is 6.31. The van der Waals surface area contributed by atoms with Gasteiger partial charge in [0, 0.05) is 10.9 Å². The fourth-order valence-corrected chi connectivity index (χ4v) is 2.81. The predicted molar refractivity (Wildman–Crippen MR) is 62.6 cm³/mol. The number of rotatable bonds is 1. The van der Waals surface area contributed by atoms with E-state index in [9.17, 15) is 0 Å². The number of aromatic nitrogens is 3. The lowest BCUT2D eigenvalue weighted by Gasteiger charge is -2.24.